The molecule has 0 unspecified atom stereocenters. The highest BCUT2D eigenvalue weighted by molar-refractivity contribution is 7.92. The van der Waals surface area contributed by atoms with E-state index in [-0.39, 0.29) is 26.2 Å². The highest BCUT2D eigenvalue weighted by Crippen LogP contribution is 2.31. The standard InChI is InChI=1S/C18H19Cl2N3O4S/c1-22-6-8-23(9-7-22)17-5-2-12(18(24)25)10-16(17)21-28(26,27)13-3-4-14(19)15(20)11-13/h2-5,10-11,21H,6-9H2,1H3,(H,24,25). The van der Waals surface area contributed by atoms with Crippen molar-refractivity contribution in [1.82, 2.24) is 4.90 Å². The Kier molecular flexibility index (Phi) is 6.04. The molecule has 0 bridgehead atoms. The molecule has 2 aromatic carbocycles. The lowest BCUT2D eigenvalue weighted by Crippen LogP contribution is -2.44. The fourth-order valence-electron chi connectivity index (χ4n) is 2.92. The van der Waals surface area contributed by atoms with Gasteiger partial charge in [-0.2, -0.15) is 0 Å². The number of benzene rings is 2. The molecule has 0 radical (unpaired) electrons. The van der Waals surface area contributed by atoms with Gasteiger partial charge in [-0.05, 0) is 43.4 Å². The molecule has 0 aliphatic carbocycles. The minimum Gasteiger partial charge on any atom is -0.478 e. The smallest absolute Gasteiger partial charge is 0.335 e. The molecule has 1 aliphatic rings. The third-order valence-corrected chi connectivity index (χ3v) is 6.64. The molecule has 2 N–H and O–H groups in total. The Morgan fingerprint density at radius 2 is 1.71 bits per heavy atom. The van der Waals surface area contributed by atoms with E-state index in [1.807, 2.05) is 11.9 Å². The van der Waals surface area contributed by atoms with Crippen LogP contribution in [0.4, 0.5) is 11.4 Å². The summed E-state index contributed by atoms with van der Waals surface area (Å²) in [5.41, 5.74) is 0.821. The number of anilines is 2. The number of likely N-dealkylation sites (N-methyl/N-ethyl adjacent to an activating group) is 1. The van der Waals surface area contributed by atoms with Crippen LogP contribution < -0.4 is 9.62 Å². The third kappa shape index (κ3) is 4.52. The van der Waals surface area contributed by atoms with E-state index in [1.54, 1.807) is 6.07 Å². The number of hydrogen-bond donors (Lipinski definition) is 2. The van der Waals surface area contributed by atoms with Gasteiger partial charge in [0.15, 0.2) is 0 Å². The van der Waals surface area contributed by atoms with Crippen LogP contribution in [0.1, 0.15) is 10.4 Å². The SMILES string of the molecule is CN1CCN(c2ccc(C(=O)O)cc2NS(=O)(=O)c2ccc(Cl)c(Cl)c2)CC1. The number of carboxylic acids is 1. The molecule has 3 rings (SSSR count). The van der Waals surface area contributed by atoms with Gasteiger partial charge in [-0.25, -0.2) is 13.2 Å². The number of sulfonamides is 1. The number of piperazine rings is 1. The van der Waals surface area contributed by atoms with E-state index in [1.165, 1.54) is 30.3 Å². The van der Waals surface area contributed by atoms with E-state index >= 15 is 0 Å². The predicted octanol–water partition coefficient (Wildman–Crippen LogP) is 3.24. The van der Waals surface area contributed by atoms with Crippen molar-refractivity contribution in [2.24, 2.45) is 0 Å². The molecule has 1 aliphatic heterocycles. The molecule has 1 heterocycles. The van der Waals surface area contributed by atoms with Gasteiger partial charge in [-0.3, -0.25) is 4.72 Å². The van der Waals surface area contributed by atoms with E-state index in [0.29, 0.717) is 18.8 Å². The minimum absolute atomic E-state index is 0.00952. The molecule has 1 saturated heterocycles. The molecule has 28 heavy (non-hydrogen) atoms. The van der Waals surface area contributed by atoms with Crippen LogP contribution in [0.5, 0.6) is 0 Å². The molecule has 0 spiro atoms. The van der Waals surface area contributed by atoms with Gasteiger partial charge >= 0.3 is 5.97 Å². The van der Waals surface area contributed by atoms with Crippen LogP contribution >= 0.6 is 23.2 Å². The van der Waals surface area contributed by atoms with Gasteiger partial charge in [0, 0.05) is 26.2 Å². The van der Waals surface area contributed by atoms with Gasteiger partial charge in [-0.1, -0.05) is 23.2 Å². The summed E-state index contributed by atoms with van der Waals surface area (Å²) in [6.45, 7) is 3.04. The zero-order valence-electron chi connectivity index (χ0n) is 15.0. The maximum atomic E-state index is 12.8. The summed E-state index contributed by atoms with van der Waals surface area (Å²) in [5, 5.41) is 9.65. The van der Waals surface area contributed by atoms with Gasteiger partial charge < -0.3 is 14.9 Å². The molecule has 0 aromatic heterocycles. The molecule has 10 heteroatoms. The monoisotopic (exact) mass is 443 g/mol. The largest absolute Gasteiger partial charge is 0.478 e. The van der Waals surface area contributed by atoms with Crippen LogP contribution in [0.15, 0.2) is 41.3 Å². The number of aromatic carboxylic acids is 1. The highest BCUT2D eigenvalue weighted by atomic mass is 35.5. The molecular weight excluding hydrogens is 425 g/mol. The number of carbonyl (C=O) groups is 1. The first-order chi connectivity index (χ1) is 13.2. The van der Waals surface area contributed by atoms with E-state index in [0.717, 1.165) is 13.1 Å². The summed E-state index contributed by atoms with van der Waals surface area (Å²) in [6.07, 6.45) is 0. The average molecular weight is 444 g/mol. The molecule has 150 valence electrons. The first-order valence-corrected chi connectivity index (χ1v) is 10.7. The quantitative estimate of drug-likeness (QED) is 0.736. The second kappa shape index (κ2) is 8.16. The van der Waals surface area contributed by atoms with E-state index in [2.05, 4.69) is 9.62 Å². The predicted molar refractivity (Wildman–Crippen MR) is 110 cm³/mol. The zero-order valence-corrected chi connectivity index (χ0v) is 17.4. The van der Waals surface area contributed by atoms with Crippen LogP contribution in [0.25, 0.3) is 0 Å². The lowest BCUT2D eigenvalue weighted by Gasteiger charge is -2.35. The van der Waals surface area contributed by atoms with Crippen molar-refractivity contribution in [3.8, 4) is 0 Å². The van der Waals surface area contributed by atoms with Crippen molar-refractivity contribution in [2.45, 2.75) is 4.90 Å². The lowest BCUT2D eigenvalue weighted by atomic mass is 10.1. The first kappa shape index (κ1) is 20.7. The molecule has 0 atom stereocenters. The normalized spacial score (nSPS) is 15.5. The summed E-state index contributed by atoms with van der Waals surface area (Å²) in [5.74, 6) is -1.14. The zero-order chi connectivity index (χ0) is 20.5. The van der Waals surface area contributed by atoms with Crippen molar-refractivity contribution in [2.75, 3.05) is 42.8 Å². The maximum Gasteiger partial charge on any atom is 0.335 e. The van der Waals surface area contributed by atoms with Crippen LogP contribution in [0, 0.1) is 0 Å². The van der Waals surface area contributed by atoms with E-state index in [4.69, 9.17) is 23.2 Å². The van der Waals surface area contributed by atoms with Crippen LogP contribution in [-0.4, -0.2) is 57.6 Å². The number of rotatable bonds is 5. The maximum absolute atomic E-state index is 12.8. The first-order valence-electron chi connectivity index (χ1n) is 8.46. The Bertz CT molecular complexity index is 1010. The van der Waals surface area contributed by atoms with Gasteiger partial charge in [0.1, 0.15) is 0 Å². The van der Waals surface area contributed by atoms with Crippen molar-refractivity contribution in [1.29, 1.82) is 0 Å². The highest BCUT2D eigenvalue weighted by Gasteiger charge is 2.22. The Labute approximate surface area is 173 Å². The molecule has 0 amide bonds. The van der Waals surface area contributed by atoms with Gasteiger partial charge in [-0.15, -0.1) is 0 Å². The van der Waals surface area contributed by atoms with Crippen LogP contribution in [0.2, 0.25) is 10.0 Å². The third-order valence-electron chi connectivity index (χ3n) is 4.53. The van der Waals surface area contributed by atoms with E-state index < -0.39 is 16.0 Å². The Morgan fingerprint density at radius 3 is 2.32 bits per heavy atom. The van der Waals surface area contributed by atoms with Gasteiger partial charge in [0.05, 0.1) is 31.9 Å². The van der Waals surface area contributed by atoms with Crippen molar-refractivity contribution >= 4 is 50.6 Å². The Balaban J connectivity index is 1.99. The minimum atomic E-state index is -3.99. The number of nitrogens with zero attached hydrogens (tertiary/aromatic N) is 2. The fraction of sp³-hybridized carbons (Fsp3) is 0.278. The van der Waals surface area contributed by atoms with Crippen molar-refractivity contribution in [3.63, 3.8) is 0 Å². The van der Waals surface area contributed by atoms with E-state index in [9.17, 15) is 18.3 Å². The summed E-state index contributed by atoms with van der Waals surface area (Å²) in [7, 11) is -1.98. The lowest BCUT2D eigenvalue weighted by molar-refractivity contribution is 0.0697. The van der Waals surface area contributed by atoms with Gasteiger partial charge in [0.2, 0.25) is 0 Å². The summed E-state index contributed by atoms with van der Waals surface area (Å²) in [4.78, 5) is 15.5. The number of carboxylic acid groups (broad SMARTS) is 1. The number of nitrogens with one attached hydrogen (secondary N) is 1. The summed E-state index contributed by atoms with van der Waals surface area (Å²) >= 11 is 11.8. The summed E-state index contributed by atoms with van der Waals surface area (Å²) < 4.78 is 28.2. The fourth-order valence-corrected chi connectivity index (χ4v) is 4.38. The second-order valence-corrected chi connectivity index (χ2v) is 9.01. The topological polar surface area (TPSA) is 89.9 Å². The molecule has 7 nitrogen and oxygen atoms in total. The number of halogens is 2. The summed E-state index contributed by atoms with van der Waals surface area (Å²) in [6, 6.07) is 8.41. The Hall–Kier alpha value is -2.00. The van der Waals surface area contributed by atoms with Crippen LogP contribution in [0.3, 0.4) is 0 Å². The van der Waals surface area contributed by atoms with Gasteiger partial charge in [0.25, 0.3) is 10.0 Å². The molecule has 2 aromatic rings. The van der Waals surface area contributed by atoms with Crippen molar-refractivity contribution in [3.05, 3.63) is 52.0 Å². The molecular formula is C18H19Cl2N3O4S. The van der Waals surface area contributed by atoms with Crippen molar-refractivity contribution < 1.29 is 18.3 Å². The van der Waals surface area contributed by atoms with Crippen LogP contribution in [-0.2, 0) is 10.0 Å². The average Bonchev–Trinajstić information content (AvgIpc) is 2.64. The second-order valence-electron chi connectivity index (χ2n) is 6.51. The Morgan fingerprint density at radius 1 is 1.04 bits per heavy atom. The molecule has 1 fully saturated rings. The number of hydrogen-bond acceptors (Lipinski definition) is 5. The molecule has 0 saturated carbocycles.